The topological polar surface area (TPSA) is 62.6 Å². The molecule has 2 atom stereocenters. The Bertz CT molecular complexity index is 304. The molecular weight excluding hydrogens is 230 g/mol. The molecule has 0 aliphatic rings. The maximum absolute atomic E-state index is 12.5. The van der Waals surface area contributed by atoms with Crippen LogP contribution in [0.4, 0.5) is 8.78 Å². The van der Waals surface area contributed by atoms with Crippen molar-refractivity contribution in [2.45, 2.75) is 25.4 Å². The van der Waals surface area contributed by atoms with Gasteiger partial charge in [-0.25, -0.2) is 8.78 Å². The Hall–Kier alpha value is -0.980. The number of aliphatic hydroxyl groups is 1. The highest BCUT2D eigenvalue weighted by Crippen LogP contribution is 2.24. The number of alkyl halides is 2. The lowest BCUT2D eigenvalue weighted by molar-refractivity contribution is 0.0425. The molecule has 17 heavy (non-hydrogen) atoms. The van der Waals surface area contributed by atoms with Crippen molar-refractivity contribution < 1.29 is 18.3 Å². The average molecular weight is 248 g/mol. The lowest BCUT2D eigenvalue weighted by Gasteiger charge is -2.32. The summed E-state index contributed by atoms with van der Waals surface area (Å²) in [6.07, 6.45) is -0.998. The summed E-state index contributed by atoms with van der Waals surface area (Å²) in [6, 6.07) is 2.56. The molecule has 0 aliphatic heterocycles. The number of rotatable bonds is 7. The molecule has 0 aliphatic carbocycles. The van der Waals surface area contributed by atoms with Gasteiger partial charge in [0.15, 0.2) is 0 Å². The molecule has 0 saturated heterocycles. The first-order valence-corrected chi connectivity index (χ1v) is 5.48. The fourth-order valence-corrected chi connectivity index (χ4v) is 1.88. The Morgan fingerprint density at radius 3 is 2.65 bits per heavy atom. The number of furan rings is 1. The molecule has 1 aromatic rings. The number of hydrogen-bond donors (Lipinski definition) is 2. The van der Waals surface area contributed by atoms with Crippen LogP contribution in [-0.4, -0.2) is 42.2 Å². The van der Waals surface area contributed by atoms with Crippen LogP contribution >= 0.6 is 0 Å². The Kier molecular flexibility index (Phi) is 5.54. The molecule has 0 bridgehead atoms. The van der Waals surface area contributed by atoms with Crippen LogP contribution in [0, 0.1) is 0 Å². The van der Waals surface area contributed by atoms with Gasteiger partial charge in [0.25, 0.3) is 6.43 Å². The van der Waals surface area contributed by atoms with E-state index in [9.17, 15) is 8.78 Å². The second-order valence-corrected chi connectivity index (χ2v) is 3.93. The van der Waals surface area contributed by atoms with Gasteiger partial charge >= 0.3 is 0 Å². The van der Waals surface area contributed by atoms with Crippen molar-refractivity contribution in [3.8, 4) is 0 Å². The van der Waals surface area contributed by atoms with E-state index in [1.54, 1.807) is 19.1 Å². The highest BCUT2D eigenvalue weighted by Gasteiger charge is 2.28. The Labute approximate surface area is 99.0 Å². The van der Waals surface area contributed by atoms with Gasteiger partial charge in [-0.1, -0.05) is 0 Å². The molecule has 1 rings (SSSR count). The predicted molar refractivity (Wildman–Crippen MR) is 59.8 cm³/mol. The first-order valence-electron chi connectivity index (χ1n) is 5.48. The first-order chi connectivity index (χ1) is 8.06. The largest absolute Gasteiger partial charge is 0.468 e. The van der Waals surface area contributed by atoms with Crippen LogP contribution in [-0.2, 0) is 0 Å². The van der Waals surface area contributed by atoms with Gasteiger partial charge in [0.05, 0.1) is 25.5 Å². The van der Waals surface area contributed by atoms with Crippen LogP contribution in [0.2, 0.25) is 0 Å². The second kappa shape index (κ2) is 6.68. The Balaban J connectivity index is 2.85. The summed E-state index contributed by atoms with van der Waals surface area (Å²) in [6.45, 7) is 1.23. The summed E-state index contributed by atoms with van der Waals surface area (Å²) >= 11 is 0. The summed E-state index contributed by atoms with van der Waals surface area (Å²) in [5.74, 6) is 0.536. The summed E-state index contributed by atoms with van der Waals surface area (Å²) in [7, 11) is 0. The average Bonchev–Trinajstić information content (AvgIpc) is 2.70. The summed E-state index contributed by atoms with van der Waals surface area (Å²) < 4.78 is 30.2. The quantitative estimate of drug-likeness (QED) is 0.761. The molecule has 0 spiro atoms. The van der Waals surface area contributed by atoms with Crippen LogP contribution in [0.25, 0.3) is 0 Å². The zero-order valence-electron chi connectivity index (χ0n) is 9.72. The van der Waals surface area contributed by atoms with E-state index in [0.717, 1.165) is 0 Å². The molecule has 1 heterocycles. The van der Waals surface area contributed by atoms with Crippen molar-refractivity contribution in [3.05, 3.63) is 24.2 Å². The monoisotopic (exact) mass is 248 g/mol. The van der Waals surface area contributed by atoms with Crippen molar-refractivity contribution in [1.29, 1.82) is 0 Å². The van der Waals surface area contributed by atoms with Crippen molar-refractivity contribution in [2.24, 2.45) is 5.73 Å². The lowest BCUT2D eigenvalue weighted by Crippen LogP contribution is -2.43. The predicted octanol–water partition coefficient (Wildman–Crippen LogP) is 1.23. The van der Waals surface area contributed by atoms with E-state index in [2.05, 4.69) is 0 Å². The lowest BCUT2D eigenvalue weighted by atomic mass is 10.1. The molecule has 0 saturated carbocycles. The highest BCUT2D eigenvalue weighted by atomic mass is 19.3. The van der Waals surface area contributed by atoms with E-state index in [1.165, 1.54) is 11.2 Å². The molecule has 0 radical (unpaired) electrons. The third-order valence-corrected chi connectivity index (χ3v) is 2.49. The van der Waals surface area contributed by atoms with Crippen molar-refractivity contribution >= 4 is 0 Å². The molecule has 98 valence electrons. The smallest absolute Gasteiger partial charge is 0.251 e. The van der Waals surface area contributed by atoms with Gasteiger partial charge in [0.1, 0.15) is 5.76 Å². The Morgan fingerprint density at radius 1 is 1.53 bits per heavy atom. The van der Waals surface area contributed by atoms with E-state index in [-0.39, 0.29) is 19.2 Å². The highest BCUT2D eigenvalue weighted by molar-refractivity contribution is 5.07. The number of halogens is 2. The maximum Gasteiger partial charge on any atom is 0.251 e. The van der Waals surface area contributed by atoms with Gasteiger partial charge in [-0.2, -0.15) is 0 Å². The second-order valence-electron chi connectivity index (χ2n) is 3.93. The minimum atomic E-state index is -2.47. The molecular formula is C11H18F2N2O2. The first kappa shape index (κ1) is 14.1. The third-order valence-electron chi connectivity index (χ3n) is 2.49. The van der Waals surface area contributed by atoms with Crippen LogP contribution in [0.1, 0.15) is 18.7 Å². The minimum absolute atomic E-state index is 0.136. The Morgan fingerprint density at radius 2 is 2.24 bits per heavy atom. The zero-order chi connectivity index (χ0) is 12.8. The van der Waals surface area contributed by atoms with Crippen molar-refractivity contribution in [1.82, 2.24) is 4.90 Å². The van der Waals surface area contributed by atoms with Crippen LogP contribution in [0.5, 0.6) is 0 Å². The summed E-state index contributed by atoms with van der Waals surface area (Å²) in [4.78, 5) is 1.44. The molecule has 0 amide bonds. The molecule has 2 unspecified atom stereocenters. The van der Waals surface area contributed by atoms with Gasteiger partial charge in [0.2, 0.25) is 0 Å². The molecule has 0 fully saturated rings. The van der Waals surface area contributed by atoms with Crippen LogP contribution < -0.4 is 5.73 Å². The van der Waals surface area contributed by atoms with Gasteiger partial charge < -0.3 is 15.3 Å². The molecule has 0 aromatic carbocycles. The molecule has 6 heteroatoms. The van der Waals surface area contributed by atoms with E-state index in [1.807, 2.05) is 0 Å². The number of nitrogens with two attached hydrogens (primary N) is 1. The summed E-state index contributed by atoms with van der Waals surface area (Å²) in [5.41, 5.74) is 5.81. The summed E-state index contributed by atoms with van der Waals surface area (Å²) in [5, 5.41) is 8.92. The zero-order valence-corrected chi connectivity index (χ0v) is 9.72. The normalized spacial score (nSPS) is 15.5. The number of aliphatic hydroxyl groups excluding tert-OH is 1. The fourth-order valence-electron chi connectivity index (χ4n) is 1.88. The SMILES string of the molecule is CC(N)C(c1ccco1)N(CCO)CC(F)F. The van der Waals surface area contributed by atoms with Gasteiger partial charge in [-0.3, -0.25) is 4.90 Å². The van der Waals surface area contributed by atoms with E-state index >= 15 is 0 Å². The molecule has 3 N–H and O–H groups in total. The van der Waals surface area contributed by atoms with Crippen LogP contribution in [0.3, 0.4) is 0 Å². The maximum atomic E-state index is 12.5. The molecule has 4 nitrogen and oxygen atoms in total. The van der Waals surface area contributed by atoms with Gasteiger partial charge in [0, 0.05) is 12.6 Å². The minimum Gasteiger partial charge on any atom is -0.468 e. The molecule has 1 aromatic heterocycles. The van der Waals surface area contributed by atoms with Crippen molar-refractivity contribution in [3.63, 3.8) is 0 Å². The van der Waals surface area contributed by atoms with E-state index in [0.29, 0.717) is 5.76 Å². The standard InChI is InChI=1S/C11H18F2N2O2/c1-8(14)11(9-3-2-6-17-9)15(4-5-16)7-10(12)13/h2-3,6,8,10-11,16H,4-5,7,14H2,1H3. The van der Waals surface area contributed by atoms with Crippen LogP contribution in [0.15, 0.2) is 22.8 Å². The van der Waals surface area contributed by atoms with Crippen molar-refractivity contribution in [2.75, 3.05) is 19.7 Å². The van der Waals surface area contributed by atoms with Gasteiger partial charge in [-0.05, 0) is 19.1 Å². The fraction of sp³-hybridized carbons (Fsp3) is 0.636. The van der Waals surface area contributed by atoms with E-state index < -0.39 is 19.0 Å². The number of nitrogens with zero attached hydrogens (tertiary/aromatic N) is 1. The third kappa shape index (κ3) is 4.07. The van der Waals surface area contributed by atoms with Gasteiger partial charge in [-0.15, -0.1) is 0 Å². The van der Waals surface area contributed by atoms with E-state index in [4.69, 9.17) is 15.3 Å². The number of hydrogen-bond acceptors (Lipinski definition) is 4.